The SMILES string of the molecule is N=C1CCC2CNCC12. The van der Waals surface area contributed by atoms with E-state index in [1.165, 1.54) is 6.42 Å². The first-order valence-electron chi connectivity index (χ1n) is 3.66. The van der Waals surface area contributed by atoms with Crippen molar-refractivity contribution in [2.45, 2.75) is 12.8 Å². The maximum absolute atomic E-state index is 7.54. The van der Waals surface area contributed by atoms with Crippen LogP contribution in [-0.4, -0.2) is 18.8 Å². The molecule has 2 unspecified atom stereocenters. The van der Waals surface area contributed by atoms with Gasteiger partial charge in [-0.2, -0.15) is 0 Å². The molecule has 2 aliphatic rings. The van der Waals surface area contributed by atoms with Gasteiger partial charge in [-0.1, -0.05) is 0 Å². The first-order valence-corrected chi connectivity index (χ1v) is 3.66. The molecule has 2 heteroatoms. The molecule has 2 N–H and O–H groups in total. The largest absolute Gasteiger partial charge is 0.316 e. The predicted molar refractivity (Wildman–Crippen MR) is 36.8 cm³/mol. The molecule has 50 valence electrons. The van der Waals surface area contributed by atoms with Gasteiger partial charge in [0.25, 0.3) is 0 Å². The van der Waals surface area contributed by atoms with Crippen LogP contribution in [0.3, 0.4) is 0 Å². The maximum Gasteiger partial charge on any atom is 0.0136 e. The van der Waals surface area contributed by atoms with Crippen molar-refractivity contribution in [3.63, 3.8) is 0 Å². The van der Waals surface area contributed by atoms with Crippen LogP contribution in [-0.2, 0) is 0 Å². The van der Waals surface area contributed by atoms with Crippen molar-refractivity contribution in [2.24, 2.45) is 11.8 Å². The zero-order valence-electron chi connectivity index (χ0n) is 5.48. The lowest BCUT2D eigenvalue weighted by Crippen LogP contribution is -2.14. The van der Waals surface area contributed by atoms with Crippen LogP contribution in [0.4, 0.5) is 0 Å². The van der Waals surface area contributed by atoms with Crippen molar-refractivity contribution in [1.82, 2.24) is 5.32 Å². The quantitative estimate of drug-likeness (QED) is 0.488. The third kappa shape index (κ3) is 0.697. The lowest BCUT2D eigenvalue weighted by atomic mass is 10.0. The molecule has 1 saturated carbocycles. The Hall–Kier alpha value is -0.370. The highest BCUT2D eigenvalue weighted by atomic mass is 14.9. The second-order valence-electron chi connectivity index (χ2n) is 3.09. The van der Waals surface area contributed by atoms with Crippen LogP contribution in [0.15, 0.2) is 0 Å². The molecule has 1 heterocycles. The van der Waals surface area contributed by atoms with E-state index in [-0.39, 0.29) is 0 Å². The van der Waals surface area contributed by atoms with Crippen LogP contribution in [0.25, 0.3) is 0 Å². The first kappa shape index (κ1) is 5.42. The minimum absolute atomic E-state index is 0.616. The molecular formula is C7H12N2. The summed E-state index contributed by atoms with van der Waals surface area (Å²) in [6.07, 6.45) is 2.33. The molecule has 0 radical (unpaired) electrons. The lowest BCUT2D eigenvalue weighted by Gasteiger charge is -2.03. The van der Waals surface area contributed by atoms with Gasteiger partial charge in [0.2, 0.25) is 0 Å². The second-order valence-corrected chi connectivity index (χ2v) is 3.09. The number of fused-ring (bicyclic) bond motifs is 1. The van der Waals surface area contributed by atoms with E-state index < -0.39 is 0 Å². The molecule has 1 saturated heterocycles. The molecule has 1 aliphatic heterocycles. The van der Waals surface area contributed by atoms with Gasteiger partial charge < -0.3 is 10.7 Å². The van der Waals surface area contributed by atoms with E-state index in [0.29, 0.717) is 5.92 Å². The fraction of sp³-hybridized carbons (Fsp3) is 0.857. The van der Waals surface area contributed by atoms with E-state index in [0.717, 1.165) is 31.1 Å². The third-order valence-electron chi connectivity index (χ3n) is 2.57. The van der Waals surface area contributed by atoms with E-state index in [4.69, 9.17) is 5.41 Å². The monoisotopic (exact) mass is 124 g/mol. The normalized spacial score (nSPS) is 41.6. The average molecular weight is 124 g/mol. The van der Waals surface area contributed by atoms with Gasteiger partial charge in [-0.25, -0.2) is 0 Å². The van der Waals surface area contributed by atoms with Gasteiger partial charge in [-0.15, -0.1) is 0 Å². The van der Waals surface area contributed by atoms with Crippen molar-refractivity contribution in [1.29, 1.82) is 5.41 Å². The van der Waals surface area contributed by atoms with Crippen LogP contribution in [0.5, 0.6) is 0 Å². The van der Waals surface area contributed by atoms with E-state index in [1.807, 2.05) is 0 Å². The molecule has 0 aromatic rings. The summed E-state index contributed by atoms with van der Waals surface area (Å²) in [5, 5.41) is 10.9. The molecule has 0 aromatic heterocycles. The average Bonchev–Trinajstić information content (AvgIpc) is 2.35. The molecule has 2 nitrogen and oxygen atoms in total. The Kier molecular flexibility index (Phi) is 1.09. The maximum atomic E-state index is 7.54. The Morgan fingerprint density at radius 3 is 3.11 bits per heavy atom. The lowest BCUT2D eigenvalue weighted by molar-refractivity contribution is 0.540. The Morgan fingerprint density at radius 1 is 1.44 bits per heavy atom. The van der Waals surface area contributed by atoms with Crippen molar-refractivity contribution in [3.8, 4) is 0 Å². The summed E-state index contributed by atoms with van der Waals surface area (Å²) in [7, 11) is 0. The molecule has 0 aromatic carbocycles. The van der Waals surface area contributed by atoms with Gasteiger partial charge >= 0.3 is 0 Å². The molecule has 2 atom stereocenters. The van der Waals surface area contributed by atoms with E-state index in [1.54, 1.807) is 0 Å². The van der Waals surface area contributed by atoms with Gasteiger partial charge in [-0.3, -0.25) is 0 Å². The zero-order valence-corrected chi connectivity index (χ0v) is 5.48. The summed E-state index contributed by atoms with van der Waals surface area (Å²) in [6.45, 7) is 2.23. The van der Waals surface area contributed by atoms with E-state index >= 15 is 0 Å². The second kappa shape index (κ2) is 1.81. The zero-order chi connectivity index (χ0) is 6.27. The topological polar surface area (TPSA) is 35.9 Å². The Bertz CT molecular complexity index is 142. The number of rotatable bonds is 0. The van der Waals surface area contributed by atoms with Crippen LogP contribution in [0, 0.1) is 17.2 Å². The van der Waals surface area contributed by atoms with Crippen LogP contribution >= 0.6 is 0 Å². The summed E-state index contributed by atoms with van der Waals surface area (Å²) in [5.74, 6) is 1.43. The first-order chi connectivity index (χ1) is 4.38. The standard InChI is InChI=1S/C7H12N2/c8-7-2-1-5-3-9-4-6(5)7/h5-6,8-9H,1-4H2. The van der Waals surface area contributed by atoms with Gasteiger partial charge in [0.1, 0.15) is 0 Å². The highest BCUT2D eigenvalue weighted by Crippen LogP contribution is 2.30. The molecular weight excluding hydrogens is 112 g/mol. The fourth-order valence-electron chi connectivity index (χ4n) is 1.97. The third-order valence-corrected chi connectivity index (χ3v) is 2.57. The highest BCUT2D eigenvalue weighted by Gasteiger charge is 2.35. The molecule has 0 spiro atoms. The Labute approximate surface area is 55.2 Å². The summed E-state index contributed by atoms with van der Waals surface area (Å²) in [5.41, 5.74) is 0.991. The molecule has 2 fully saturated rings. The smallest absolute Gasteiger partial charge is 0.0136 e. The number of hydrogen-bond acceptors (Lipinski definition) is 2. The van der Waals surface area contributed by atoms with Gasteiger partial charge in [-0.05, 0) is 25.3 Å². The highest BCUT2D eigenvalue weighted by molar-refractivity contribution is 5.86. The van der Waals surface area contributed by atoms with Crippen LogP contribution in [0.2, 0.25) is 0 Å². The Balaban J connectivity index is 2.15. The Morgan fingerprint density at radius 2 is 2.33 bits per heavy atom. The molecule has 1 aliphatic carbocycles. The molecule has 2 rings (SSSR count). The van der Waals surface area contributed by atoms with Gasteiger partial charge in [0, 0.05) is 18.2 Å². The summed E-state index contributed by atoms with van der Waals surface area (Å²) in [6, 6.07) is 0. The van der Waals surface area contributed by atoms with Crippen molar-refractivity contribution >= 4 is 5.71 Å². The predicted octanol–water partition coefficient (Wildman–Crippen LogP) is 0.636. The van der Waals surface area contributed by atoms with Gasteiger partial charge in [0.05, 0.1) is 0 Å². The fourth-order valence-corrected chi connectivity index (χ4v) is 1.97. The van der Waals surface area contributed by atoms with Crippen molar-refractivity contribution in [2.75, 3.05) is 13.1 Å². The molecule has 0 bridgehead atoms. The molecule has 9 heavy (non-hydrogen) atoms. The minimum atomic E-state index is 0.616. The van der Waals surface area contributed by atoms with E-state index in [9.17, 15) is 0 Å². The number of nitrogens with one attached hydrogen (secondary N) is 2. The van der Waals surface area contributed by atoms with Crippen LogP contribution < -0.4 is 5.32 Å². The minimum Gasteiger partial charge on any atom is -0.316 e. The summed E-state index contributed by atoms with van der Waals surface area (Å²) in [4.78, 5) is 0. The van der Waals surface area contributed by atoms with Crippen molar-refractivity contribution < 1.29 is 0 Å². The van der Waals surface area contributed by atoms with Crippen LogP contribution in [0.1, 0.15) is 12.8 Å². The number of hydrogen-bond donors (Lipinski definition) is 2. The molecule has 0 amide bonds. The van der Waals surface area contributed by atoms with Crippen molar-refractivity contribution in [3.05, 3.63) is 0 Å². The van der Waals surface area contributed by atoms with Gasteiger partial charge in [0.15, 0.2) is 0 Å². The summed E-state index contributed by atoms with van der Waals surface area (Å²) >= 11 is 0. The summed E-state index contributed by atoms with van der Waals surface area (Å²) < 4.78 is 0. The van der Waals surface area contributed by atoms with E-state index in [2.05, 4.69) is 5.32 Å².